The molecule has 3 aromatic carbocycles. The Kier molecular flexibility index (Phi) is 6.94. The van der Waals surface area contributed by atoms with Crippen molar-refractivity contribution in [3.8, 4) is 22.3 Å². The lowest BCUT2D eigenvalue weighted by molar-refractivity contribution is 0.194. The number of nitrogens with zero attached hydrogens (tertiary/aromatic N) is 2. The van der Waals surface area contributed by atoms with Crippen molar-refractivity contribution in [2.24, 2.45) is 5.73 Å². The maximum absolute atomic E-state index is 14.8. The van der Waals surface area contributed by atoms with Gasteiger partial charge in [0.25, 0.3) is 0 Å². The highest BCUT2D eigenvalue weighted by atomic mass is 19.1. The average Bonchev–Trinajstić information content (AvgIpc) is 2.86. The predicted octanol–water partition coefficient (Wildman–Crippen LogP) is 5.99. The fourth-order valence-corrected chi connectivity index (χ4v) is 5.12. The molecule has 0 radical (unpaired) electrons. The molecule has 0 aliphatic carbocycles. The van der Waals surface area contributed by atoms with Crippen molar-refractivity contribution >= 4 is 22.7 Å². The SMILES string of the molecule is Cc1cc(F)cc(-c2cnc3ccc(-c4cc(F)cc(F)c4CNC(=O)O)cc3c2N2CCC(N)CC2)c1. The van der Waals surface area contributed by atoms with E-state index in [9.17, 15) is 18.0 Å². The second-order valence-electron chi connectivity index (χ2n) is 9.67. The van der Waals surface area contributed by atoms with Crippen LogP contribution in [0.4, 0.5) is 23.7 Å². The number of benzene rings is 3. The van der Waals surface area contributed by atoms with Gasteiger partial charge in [-0.3, -0.25) is 4.98 Å². The van der Waals surface area contributed by atoms with Crippen LogP contribution in [-0.2, 0) is 6.54 Å². The fourth-order valence-electron chi connectivity index (χ4n) is 5.12. The van der Waals surface area contributed by atoms with Crippen molar-refractivity contribution in [1.29, 1.82) is 0 Å². The zero-order valence-electron chi connectivity index (χ0n) is 20.8. The third-order valence-electron chi connectivity index (χ3n) is 6.94. The Hall–Kier alpha value is -4.11. The zero-order valence-corrected chi connectivity index (χ0v) is 20.8. The van der Waals surface area contributed by atoms with Crippen LogP contribution in [0, 0.1) is 24.4 Å². The molecule has 1 fully saturated rings. The molecule has 38 heavy (non-hydrogen) atoms. The van der Waals surface area contributed by atoms with Crippen LogP contribution in [0.15, 0.2) is 54.7 Å². The van der Waals surface area contributed by atoms with Gasteiger partial charge in [-0.2, -0.15) is 0 Å². The monoisotopic (exact) mass is 520 g/mol. The molecular weight excluding hydrogens is 493 g/mol. The molecule has 9 heteroatoms. The Labute approximate surface area is 217 Å². The van der Waals surface area contributed by atoms with Gasteiger partial charge >= 0.3 is 6.09 Å². The Bertz CT molecular complexity index is 1510. The minimum Gasteiger partial charge on any atom is -0.465 e. The molecule has 1 aromatic heterocycles. The third-order valence-corrected chi connectivity index (χ3v) is 6.94. The quantitative estimate of drug-likeness (QED) is 0.301. The highest BCUT2D eigenvalue weighted by Gasteiger charge is 2.23. The van der Waals surface area contributed by atoms with Gasteiger partial charge in [0.05, 0.1) is 11.2 Å². The van der Waals surface area contributed by atoms with Gasteiger partial charge in [0.1, 0.15) is 17.5 Å². The number of halogens is 3. The Morgan fingerprint density at radius 1 is 1.03 bits per heavy atom. The Morgan fingerprint density at radius 2 is 1.76 bits per heavy atom. The molecule has 5 rings (SSSR count). The first-order valence-corrected chi connectivity index (χ1v) is 12.4. The molecule has 0 unspecified atom stereocenters. The number of amides is 1. The zero-order chi connectivity index (χ0) is 27.0. The lowest BCUT2D eigenvalue weighted by atomic mass is 9.94. The van der Waals surface area contributed by atoms with Crippen LogP contribution in [0.2, 0.25) is 0 Å². The number of hydrogen-bond donors (Lipinski definition) is 3. The van der Waals surface area contributed by atoms with Gasteiger partial charge in [-0.25, -0.2) is 18.0 Å². The number of nitrogens with one attached hydrogen (secondary N) is 1. The van der Waals surface area contributed by atoms with Gasteiger partial charge in [0, 0.05) is 54.5 Å². The average molecular weight is 521 g/mol. The second-order valence-corrected chi connectivity index (χ2v) is 9.67. The summed E-state index contributed by atoms with van der Waals surface area (Å²) in [5.41, 5.74) is 10.6. The topological polar surface area (TPSA) is 91.5 Å². The number of anilines is 1. The summed E-state index contributed by atoms with van der Waals surface area (Å²) in [7, 11) is 0. The summed E-state index contributed by atoms with van der Waals surface area (Å²) in [6.07, 6.45) is 1.98. The van der Waals surface area contributed by atoms with E-state index in [0.29, 0.717) is 29.7 Å². The molecule has 196 valence electrons. The van der Waals surface area contributed by atoms with E-state index in [1.807, 2.05) is 13.0 Å². The standard InChI is InChI=1S/C29H27F3N4O2/c1-16-8-18(10-19(30)9-16)24-14-34-27-3-2-17(11-23(27)28(24)36-6-4-21(33)5-7-36)22-12-20(31)13-26(32)25(22)15-35-29(37)38/h2-3,8-14,21,35H,4-7,15,33H2,1H3,(H,37,38). The van der Waals surface area contributed by atoms with E-state index in [1.165, 1.54) is 18.2 Å². The molecule has 0 bridgehead atoms. The molecule has 4 aromatic rings. The van der Waals surface area contributed by atoms with Crippen molar-refractivity contribution in [3.63, 3.8) is 0 Å². The van der Waals surface area contributed by atoms with E-state index in [1.54, 1.807) is 24.4 Å². The molecular formula is C29H27F3N4O2. The summed E-state index contributed by atoms with van der Waals surface area (Å²) in [6.45, 7) is 2.87. The number of hydrogen-bond acceptors (Lipinski definition) is 4. The van der Waals surface area contributed by atoms with E-state index < -0.39 is 17.7 Å². The van der Waals surface area contributed by atoms with Crippen LogP contribution >= 0.6 is 0 Å². The molecule has 1 aliphatic rings. The number of fused-ring (bicyclic) bond motifs is 1. The van der Waals surface area contributed by atoms with E-state index in [2.05, 4.69) is 15.2 Å². The van der Waals surface area contributed by atoms with Gasteiger partial charge < -0.3 is 21.1 Å². The van der Waals surface area contributed by atoms with Gasteiger partial charge in [0.2, 0.25) is 0 Å². The van der Waals surface area contributed by atoms with E-state index in [4.69, 9.17) is 10.8 Å². The second kappa shape index (κ2) is 10.3. The molecule has 6 nitrogen and oxygen atoms in total. The van der Waals surface area contributed by atoms with Crippen LogP contribution in [0.1, 0.15) is 24.0 Å². The highest BCUT2D eigenvalue weighted by molar-refractivity contribution is 6.02. The lowest BCUT2D eigenvalue weighted by Crippen LogP contribution is -2.40. The van der Waals surface area contributed by atoms with E-state index in [0.717, 1.165) is 41.1 Å². The predicted molar refractivity (Wildman–Crippen MR) is 142 cm³/mol. The highest BCUT2D eigenvalue weighted by Crippen LogP contribution is 2.40. The third kappa shape index (κ3) is 5.15. The lowest BCUT2D eigenvalue weighted by Gasteiger charge is -2.34. The van der Waals surface area contributed by atoms with Crippen LogP contribution < -0.4 is 16.0 Å². The van der Waals surface area contributed by atoms with Crippen molar-refractivity contribution in [2.45, 2.75) is 32.4 Å². The van der Waals surface area contributed by atoms with Crippen LogP contribution in [-0.4, -0.2) is 35.3 Å². The molecule has 1 amide bonds. The van der Waals surface area contributed by atoms with Gasteiger partial charge in [-0.15, -0.1) is 0 Å². The number of aryl methyl sites for hydroxylation is 1. The Morgan fingerprint density at radius 3 is 2.47 bits per heavy atom. The Balaban J connectivity index is 1.74. The first kappa shape index (κ1) is 25.5. The fraction of sp³-hybridized carbons (Fsp3) is 0.241. The maximum atomic E-state index is 14.8. The summed E-state index contributed by atoms with van der Waals surface area (Å²) in [4.78, 5) is 17.9. The largest absolute Gasteiger partial charge is 0.465 e. The number of carbonyl (C=O) groups is 1. The van der Waals surface area contributed by atoms with Gasteiger partial charge in [0.15, 0.2) is 0 Å². The molecule has 0 atom stereocenters. The van der Waals surface area contributed by atoms with Crippen LogP contribution in [0.3, 0.4) is 0 Å². The molecule has 0 spiro atoms. The maximum Gasteiger partial charge on any atom is 0.404 e. The minimum atomic E-state index is -1.32. The number of pyridine rings is 1. The molecule has 4 N–H and O–H groups in total. The summed E-state index contributed by atoms with van der Waals surface area (Å²) in [6, 6.07) is 12.1. The molecule has 1 saturated heterocycles. The molecule has 1 aliphatic heterocycles. The van der Waals surface area contributed by atoms with E-state index >= 15 is 0 Å². The minimum absolute atomic E-state index is 0.0310. The smallest absolute Gasteiger partial charge is 0.404 e. The number of rotatable bonds is 5. The number of piperidine rings is 1. The van der Waals surface area contributed by atoms with Crippen molar-refractivity contribution in [2.75, 3.05) is 18.0 Å². The van der Waals surface area contributed by atoms with E-state index in [-0.39, 0.29) is 29.5 Å². The number of aromatic nitrogens is 1. The van der Waals surface area contributed by atoms with Crippen molar-refractivity contribution in [3.05, 3.63) is 83.3 Å². The number of nitrogens with two attached hydrogens (primary N) is 1. The number of carboxylic acid groups (broad SMARTS) is 1. The normalized spacial score (nSPS) is 14.2. The van der Waals surface area contributed by atoms with Crippen molar-refractivity contribution < 1.29 is 23.1 Å². The summed E-state index contributed by atoms with van der Waals surface area (Å²) in [5.74, 6) is -1.98. The van der Waals surface area contributed by atoms with Crippen LogP contribution in [0.5, 0.6) is 0 Å². The van der Waals surface area contributed by atoms with Gasteiger partial charge in [-0.1, -0.05) is 12.1 Å². The van der Waals surface area contributed by atoms with Crippen LogP contribution in [0.25, 0.3) is 33.2 Å². The van der Waals surface area contributed by atoms with Gasteiger partial charge in [-0.05, 0) is 72.4 Å². The molecule has 0 saturated carbocycles. The van der Waals surface area contributed by atoms with Crippen molar-refractivity contribution in [1.82, 2.24) is 10.3 Å². The first-order chi connectivity index (χ1) is 18.2. The molecule has 2 heterocycles. The summed E-state index contributed by atoms with van der Waals surface area (Å²) in [5, 5.41) is 11.9. The summed E-state index contributed by atoms with van der Waals surface area (Å²) >= 11 is 0. The first-order valence-electron chi connectivity index (χ1n) is 12.4. The summed E-state index contributed by atoms with van der Waals surface area (Å²) < 4.78 is 43.5.